The van der Waals surface area contributed by atoms with Crippen molar-refractivity contribution < 1.29 is 14.7 Å². The van der Waals surface area contributed by atoms with Crippen molar-refractivity contribution in [3.63, 3.8) is 0 Å². The third kappa shape index (κ3) is 4.04. The predicted molar refractivity (Wildman–Crippen MR) is 73.1 cm³/mol. The molecule has 6 heteroatoms. The van der Waals surface area contributed by atoms with E-state index in [1.807, 2.05) is 5.38 Å². The molecule has 0 radical (unpaired) electrons. The second-order valence-electron chi connectivity index (χ2n) is 4.69. The summed E-state index contributed by atoms with van der Waals surface area (Å²) in [4.78, 5) is 23.9. The predicted octanol–water partition coefficient (Wildman–Crippen LogP) is 0.898. The first kappa shape index (κ1) is 14.0. The van der Waals surface area contributed by atoms with Gasteiger partial charge in [-0.3, -0.25) is 9.59 Å². The molecule has 1 heterocycles. The van der Waals surface area contributed by atoms with Crippen molar-refractivity contribution in [3.8, 4) is 0 Å². The summed E-state index contributed by atoms with van der Waals surface area (Å²) in [5.41, 5.74) is 0. The maximum absolute atomic E-state index is 11.7. The lowest BCUT2D eigenvalue weighted by Gasteiger charge is -2.28. The average Bonchev–Trinajstić information content (AvgIpc) is 2.93. The van der Waals surface area contributed by atoms with Gasteiger partial charge in [0, 0.05) is 0 Å². The van der Waals surface area contributed by atoms with Gasteiger partial charge in [-0.25, -0.2) is 0 Å². The van der Waals surface area contributed by atoms with Gasteiger partial charge in [0.15, 0.2) is 0 Å². The fourth-order valence-corrected chi connectivity index (χ4v) is 2.83. The zero-order valence-corrected chi connectivity index (χ0v) is 11.4. The zero-order chi connectivity index (χ0) is 13.7. The van der Waals surface area contributed by atoms with Crippen molar-refractivity contribution in [2.75, 3.05) is 6.54 Å². The number of hydrogen-bond acceptors (Lipinski definition) is 4. The number of aliphatic hydroxyl groups is 1. The van der Waals surface area contributed by atoms with E-state index in [-0.39, 0.29) is 24.4 Å². The minimum Gasteiger partial charge on any atom is -0.391 e. The highest BCUT2D eigenvalue weighted by molar-refractivity contribution is 7.12. The van der Waals surface area contributed by atoms with Gasteiger partial charge in [-0.05, 0) is 24.3 Å². The summed E-state index contributed by atoms with van der Waals surface area (Å²) in [5, 5.41) is 16.9. The van der Waals surface area contributed by atoms with Crippen molar-refractivity contribution >= 4 is 23.2 Å². The molecule has 0 bridgehead atoms. The number of nitrogens with one attached hydrogen (secondary N) is 2. The molecule has 0 saturated heterocycles. The van der Waals surface area contributed by atoms with Crippen molar-refractivity contribution in [1.82, 2.24) is 10.6 Å². The van der Waals surface area contributed by atoms with Crippen LogP contribution in [0.4, 0.5) is 0 Å². The van der Waals surface area contributed by atoms with Crippen molar-refractivity contribution in [2.45, 2.75) is 37.8 Å². The summed E-state index contributed by atoms with van der Waals surface area (Å²) in [6.45, 7) is -0.0556. The first-order valence-electron chi connectivity index (χ1n) is 6.46. The fraction of sp³-hybridized carbons (Fsp3) is 0.538. The quantitative estimate of drug-likeness (QED) is 0.767. The van der Waals surface area contributed by atoms with E-state index >= 15 is 0 Å². The van der Waals surface area contributed by atoms with Gasteiger partial charge in [-0.1, -0.05) is 18.9 Å². The van der Waals surface area contributed by atoms with Crippen LogP contribution in [0.15, 0.2) is 17.5 Å². The first-order chi connectivity index (χ1) is 9.16. The van der Waals surface area contributed by atoms with Gasteiger partial charge < -0.3 is 15.7 Å². The number of amides is 2. The standard InChI is InChI=1S/C13H18N2O3S/c16-10-5-2-1-4-9(10)15-12(17)8-14-13(18)11-6-3-7-19-11/h3,6-7,9-10,16H,1-2,4-5,8H2,(H,14,18)(H,15,17). The van der Waals surface area contributed by atoms with Crippen LogP contribution in [0.25, 0.3) is 0 Å². The molecule has 2 atom stereocenters. The van der Waals surface area contributed by atoms with Gasteiger partial charge in [0.1, 0.15) is 0 Å². The third-order valence-electron chi connectivity index (χ3n) is 3.23. The Balaban J connectivity index is 1.74. The third-order valence-corrected chi connectivity index (χ3v) is 4.10. The van der Waals surface area contributed by atoms with Gasteiger partial charge in [0.2, 0.25) is 5.91 Å². The largest absolute Gasteiger partial charge is 0.391 e. The first-order valence-corrected chi connectivity index (χ1v) is 7.34. The summed E-state index contributed by atoms with van der Waals surface area (Å²) in [5.74, 6) is -0.495. The van der Waals surface area contributed by atoms with E-state index in [0.717, 1.165) is 25.7 Å². The molecule has 1 aliphatic carbocycles. The Morgan fingerprint density at radius 1 is 1.37 bits per heavy atom. The smallest absolute Gasteiger partial charge is 0.261 e. The summed E-state index contributed by atoms with van der Waals surface area (Å²) < 4.78 is 0. The van der Waals surface area contributed by atoms with Crippen LogP contribution in [0, 0.1) is 0 Å². The molecule has 1 aromatic rings. The Hall–Kier alpha value is -1.40. The van der Waals surface area contributed by atoms with Crippen molar-refractivity contribution in [2.24, 2.45) is 0 Å². The number of rotatable bonds is 4. The lowest BCUT2D eigenvalue weighted by Crippen LogP contribution is -2.48. The summed E-state index contributed by atoms with van der Waals surface area (Å²) in [6, 6.07) is 3.32. The number of thiophene rings is 1. The molecule has 1 aromatic heterocycles. The molecule has 104 valence electrons. The van der Waals surface area contributed by atoms with Crippen molar-refractivity contribution in [1.29, 1.82) is 0 Å². The maximum atomic E-state index is 11.7. The van der Waals surface area contributed by atoms with E-state index in [9.17, 15) is 14.7 Å². The second-order valence-corrected chi connectivity index (χ2v) is 5.63. The Morgan fingerprint density at radius 2 is 2.16 bits per heavy atom. The summed E-state index contributed by atoms with van der Waals surface area (Å²) in [6.07, 6.45) is 3.08. The molecule has 5 nitrogen and oxygen atoms in total. The molecule has 2 rings (SSSR count). The van der Waals surface area contributed by atoms with Gasteiger partial charge in [0.05, 0.1) is 23.6 Å². The van der Waals surface area contributed by atoms with Gasteiger partial charge >= 0.3 is 0 Å². The molecule has 0 aromatic carbocycles. The monoisotopic (exact) mass is 282 g/mol. The second kappa shape index (κ2) is 6.68. The molecule has 0 spiro atoms. The molecule has 19 heavy (non-hydrogen) atoms. The normalized spacial score (nSPS) is 22.8. The number of aliphatic hydroxyl groups excluding tert-OH is 1. The Bertz CT molecular complexity index is 433. The highest BCUT2D eigenvalue weighted by Crippen LogP contribution is 2.18. The molecule has 0 aliphatic heterocycles. The Labute approximate surface area is 116 Å². The maximum Gasteiger partial charge on any atom is 0.261 e. The van der Waals surface area contributed by atoms with E-state index in [0.29, 0.717) is 4.88 Å². The molecule has 1 saturated carbocycles. The Morgan fingerprint density at radius 3 is 2.84 bits per heavy atom. The lowest BCUT2D eigenvalue weighted by atomic mass is 9.92. The van der Waals surface area contributed by atoms with Gasteiger partial charge in [-0.15, -0.1) is 11.3 Å². The van der Waals surface area contributed by atoms with Crippen molar-refractivity contribution in [3.05, 3.63) is 22.4 Å². The molecular weight excluding hydrogens is 264 g/mol. The molecule has 3 N–H and O–H groups in total. The number of carbonyl (C=O) groups is 2. The van der Waals surface area contributed by atoms with Crippen LogP contribution in [-0.2, 0) is 4.79 Å². The van der Waals surface area contributed by atoms with Crippen LogP contribution in [0.1, 0.15) is 35.4 Å². The van der Waals surface area contributed by atoms with Crippen LogP contribution in [0.5, 0.6) is 0 Å². The minimum absolute atomic E-state index is 0.0556. The van der Waals surface area contributed by atoms with E-state index in [4.69, 9.17) is 0 Å². The fourth-order valence-electron chi connectivity index (χ4n) is 2.19. The average molecular weight is 282 g/mol. The van der Waals surface area contributed by atoms with Crippen LogP contribution < -0.4 is 10.6 Å². The molecule has 1 fully saturated rings. The molecule has 2 unspecified atom stereocenters. The van der Waals surface area contributed by atoms with Crippen LogP contribution in [-0.4, -0.2) is 35.6 Å². The number of hydrogen-bond donors (Lipinski definition) is 3. The van der Waals surface area contributed by atoms with Gasteiger partial charge in [-0.2, -0.15) is 0 Å². The van der Waals surface area contributed by atoms with Crippen LogP contribution in [0.3, 0.4) is 0 Å². The lowest BCUT2D eigenvalue weighted by molar-refractivity contribution is -0.122. The zero-order valence-electron chi connectivity index (χ0n) is 10.6. The molecule has 1 aliphatic rings. The van der Waals surface area contributed by atoms with E-state index in [1.54, 1.807) is 12.1 Å². The summed E-state index contributed by atoms with van der Waals surface area (Å²) in [7, 11) is 0. The van der Waals surface area contributed by atoms with Crippen LogP contribution in [0.2, 0.25) is 0 Å². The minimum atomic E-state index is -0.467. The van der Waals surface area contributed by atoms with Gasteiger partial charge in [0.25, 0.3) is 5.91 Å². The topological polar surface area (TPSA) is 78.4 Å². The molecule has 2 amide bonds. The number of carbonyl (C=O) groups excluding carboxylic acids is 2. The van der Waals surface area contributed by atoms with E-state index in [1.165, 1.54) is 11.3 Å². The highest BCUT2D eigenvalue weighted by Gasteiger charge is 2.24. The Kier molecular flexibility index (Phi) is 4.93. The SMILES string of the molecule is O=C(CNC(=O)c1cccs1)NC1CCCCC1O. The highest BCUT2D eigenvalue weighted by atomic mass is 32.1. The summed E-state index contributed by atoms with van der Waals surface area (Å²) >= 11 is 1.34. The molecular formula is C13H18N2O3S. The van der Waals surface area contributed by atoms with E-state index < -0.39 is 6.10 Å². The van der Waals surface area contributed by atoms with E-state index in [2.05, 4.69) is 10.6 Å². The van der Waals surface area contributed by atoms with Crippen LogP contribution >= 0.6 is 11.3 Å².